The number of hydrogen-bond acceptors (Lipinski definition) is 6. The van der Waals surface area contributed by atoms with Crippen molar-refractivity contribution >= 4 is 42.6 Å². The van der Waals surface area contributed by atoms with E-state index in [2.05, 4.69) is 4.90 Å². The van der Waals surface area contributed by atoms with Crippen molar-refractivity contribution in [2.45, 2.75) is 32.1 Å². The Morgan fingerprint density at radius 3 is 2.24 bits per heavy atom. The van der Waals surface area contributed by atoms with Gasteiger partial charge in [-0.15, -0.1) is 0 Å². The largest absolute Gasteiger partial charge is 0.309 e. The van der Waals surface area contributed by atoms with Crippen LogP contribution in [0.25, 0.3) is 10.2 Å². The van der Waals surface area contributed by atoms with Crippen LogP contribution in [0.2, 0.25) is 0 Å². The minimum Gasteiger partial charge on any atom is -0.309 e. The van der Waals surface area contributed by atoms with E-state index in [4.69, 9.17) is 4.98 Å². The van der Waals surface area contributed by atoms with Crippen LogP contribution in [0, 0.1) is 6.92 Å². The molecule has 2 aromatic carbocycles. The van der Waals surface area contributed by atoms with Crippen molar-refractivity contribution in [1.29, 1.82) is 0 Å². The molecule has 0 saturated carbocycles. The van der Waals surface area contributed by atoms with Crippen molar-refractivity contribution in [1.82, 2.24) is 14.2 Å². The number of fused-ring (bicyclic) bond motifs is 1. The number of rotatable bonds is 10. The Bertz CT molecular complexity index is 1200. The number of hydrogen-bond donors (Lipinski definition) is 0. The van der Waals surface area contributed by atoms with Crippen LogP contribution in [0.4, 0.5) is 5.13 Å². The van der Waals surface area contributed by atoms with E-state index in [0.717, 1.165) is 28.7 Å². The molecule has 33 heavy (non-hydrogen) atoms. The van der Waals surface area contributed by atoms with Gasteiger partial charge in [0.15, 0.2) is 5.13 Å². The van der Waals surface area contributed by atoms with Crippen molar-refractivity contribution in [3.05, 3.63) is 53.6 Å². The summed E-state index contributed by atoms with van der Waals surface area (Å²) in [6, 6.07) is 12.2. The van der Waals surface area contributed by atoms with Crippen molar-refractivity contribution in [3.63, 3.8) is 0 Å². The van der Waals surface area contributed by atoms with Gasteiger partial charge in [-0.3, -0.25) is 9.69 Å². The lowest BCUT2D eigenvalue weighted by molar-refractivity contribution is 0.0986. The van der Waals surface area contributed by atoms with Crippen molar-refractivity contribution in [3.8, 4) is 0 Å². The van der Waals surface area contributed by atoms with Crippen molar-refractivity contribution in [2.75, 3.05) is 45.2 Å². The van der Waals surface area contributed by atoms with E-state index in [9.17, 15) is 13.2 Å². The van der Waals surface area contributed by atoms with Gasteiger partial charge >= 0.3 is 0 Å². The van der Waals surface area contributed by atoms with Crippen LogP contribution in [-0.4, -0.2) is 68.8 Å². The van der Waals surface area contributed by atoms with Gasteiger partial charge in [-0.2, -0.15) is 4.31 Å². The second-order valence-corrected chi connectivity index (χ2v) is 11.1. The highest BCUT2D eigenvalue weighted by molar-refractivity contribution is 7.89. The number of thiazole rings is 1. The zero-order valence-corrected chi connectivity index (χ0v) is 21.5. The fraction of sp³-hybridized carbons (Fsp3) is 0.417. The SMILES string of the molecule is CCN(CC)S(=O)(=O)c1ccc(C(=O)N(CCCN(C)C)c2nc3c(C)cccc3s2)cc1. The molecule has 0 atom stereocenters. The molecule has 0 fully saturated rings. The summed E-state index contributed by atoms with van der Waals surface area (Å²) in [6.07, 6.45) is 0.794. The van der Waals surface area contributed by atoms with Gasteiger partial charge in [0.05, 0.1) is 15.1 Å². The highest BCUT2D eigenvalue weighted by atomic mass is 32.2. The predicted octanol–water partition coefficient (Wildman–Crippen LogP) is 4.23. The van der Waals surface area contributed by atoms with Gasteiger partial charge in [0, 0.05) is 25.2 Å². The molecular formula is C24H32N4O3S2. The molecule has 0 saturated heterocycles. The second-order valence-electron chi connectivity index (χ2n) is 8.15. The number of aromatic nitrogens is 1. The molecule has 0 radical (unpaired) electrons. The maximum absolute atomic E-state index is 13.5. The van der Waals surface area contributed by atoms with E-state index in [-0.39, 0.29) is 10.8 Å². The third-order valence-corrected chi connectivity index (χ3v) is 8.62. The lowest BCUT2D eigenvalue weighted by Crippen LogP contribution is -2.33. The number of benzene rings is 2. The lowest BCUT2D eigenvalue weighted by Gasteiger charge is -2.22. The lowest BCUT2D eigenvalue weighted by atomic mass is 10.2. The van der Waals surface area contributed by atoms with Crippen LogP contribution >= 0.6 is 11.3 Å². The maximum atomic E-state index is 13.5. The number of anilines is 1. The Kier molecular flexibility index (Phi) is 8.23. The molecule has 0 N–H and O–H groups in total. The average Bonchev–Trinajstić information content (AvgIpc) is 3.22. The molecule has 7 nitrogen and oxygen atoms in total. The Hall–Kier alpha value is -2.33. The van der Waals surface area contributed by atoms with Crippen LogP contribution in [-0.2, 0) is 10.0 Å². The normalized spacial score (nSPS) is 12.1. The summed E-state index contributed by atoms with van der Waals surface area (Å²) in [4.78, 5) is 22.3. The molecule has 0 bridgehead atoms. The number of para-hydroxylation sites is 1. The Morgan fingerprint density at radius 1 is 1.00 bits per heavy atom. The van der Waals surface area contributed by atoms with Crippen molar-refractivity contribution < 1.29 is 13.2 Å². The van der Waals surface area contributed by atoms with E-state index in [1.165, 1.54) is 27.8 Å². The molecule has 0 unspecified atom stereocenters. The van der Waals surface area contributed by atoms with Gasteiger partial charge in [-0.1, -0.05) is 37.3 Å². The standard InChI is InChI=1S/C24H32N4O3S2/c1-6-27(7-2)33(30,31)20-14-12-19(13-15-20)23(29)28(17-9-16-26(4)5)24-25-22-18(3)10-8-11-21(22)32-24/h8,10-15H,6-7,9,16-17H2,1-5H3. The molecule has 0 aliphatic heterocycles. The fourth-order valence-corrected chi connectivity index (χ4v) is 6.18. The summed E-state index contributed by atoms with van der Waals surface area (Å²) in [5.74, 6) is -0.183. The molecule has 178 valence electrons. The van der Waals surface area contributed by atoms with Crippen LogP contribution in [0.15, 0.2) is 47.4 Å². The highest BCUT2D eigenvalue weighted by Gasteiger charge is 2.24. The van der Waals surface area contributed by atoms with Gasteiger partial charge < -0.3 is 4.90 Å². The van der Waals surface area contributed by atoms with E-state index in [0.29, 0.717) is 30.3 Å². The average molecular weight is 489 g/mol. The zero-order valence-electron chi connectivity index (χ0n) is 19.9. The topological polar surface area (TPSA) is 73.8 Å². The molecule has 3 rings (SSSR count). The van der Waals surface area contributed by atoms with E-state index >= 15 is 0 Å². The summed E-state index contributed by atoms with van der Waals surface area (Å²) >= 11 is 1.50. The first-order chi connectivity index (χ1) is 15.7. The molecule has 0 aliphatic carbocycles. The molecular weight excluding hydrogens is 456 g/mol. The molecule has 1 heterocycles. The van der Waals surface area contributed by atoms with Gasteiger partial charge in [-0.05, 0) is 69.9 Å². The molecule has 9 heteroatoms. The summed E-state index contributed by atoms with van der Waals surface area (Å²) in [5.41, 5.74) is 2.42. The minimum absolute atomic E-state index is 0.183. The Labute approximate surface area is 200 Å². The van der Waals surface area contributed by atoms with Crippen LogP contribution < -0.4 is 4.90 Å². The molecule has 1 amide bonds. The van der Waals surface area contributed by atoms with Gasteiger partial charge in [0.25, 0.3) is 5.91 Å². The first-order valence-electron chi connectivity index (χ1n) is 11.1. The van der Waals surface area contributed by atoms with Gasteiger partial charge in [-0.25, -0.2) is 13.4 Å². The van der Waals surface area contributed by atoms with Crippen LogP contribution in [0.1, 0.15) is 36.2 Å². The third kappa shape index (κ3) is 5.60. The smallest absolute Gasteiger partial charge is 0.260 e. The number of nitrogens with zero attached hydrogens (tertiary/aromatic N) is 4. The molecule has 0 aliphatic rings. The van der Waals surface area contributed by atoms with Crippen LogP contribution in [0.5, 0.6) is 0 Å². The number of carbonyl (C=O) groups excluding carboxylic acids is 1. The fourth-order valence-electron chi connectivity index (χ4n) is 3.66. The van der Waals surface area contributed by atoms with Gasteiger partial charge in [0.2, 0.25) is 10.0 Å². The van der Waals surface area contributed by atoms with Crippen molar-refractivity contribution in [2.24, 2.45) is 0 Å². The summed E-state index contributed by atoms with van der Waals surface area (Å²) < 4.78 is 28.0. The third-order valence-electron chi connectivity index (χ3n) is 5.52. The molecule has 0 spiro atoms. The summed E-state index contributed by atoms with van der Waals surface area (Å²) in [5, 5.41) is 0.655. The number of aryl methyl sites for hydroxylation is 1. The number of amides is 1. The maximum Gasteiger partial charge on any atom is 0.260 e. The molecule has 1 aromatic heterocycles. The molecule has 3 aromatic rings. The quantitative estimate of drug-likeness (QED) is 0.427. The summed E-state index contributed by atoms with van der Waals surface area (Å²) in [6.45, 7) is 7.80. The van der Waals surface area contributed by atoms with Gasteiger partial charge in [0.1, 0.15) is 0 Å². The highest BCUT2D eigenvalue weighted by Crippen LogP contribution is 2.31. The second kappa shape index (κ2) is 10.7. The Morgan fingerprint density at radius 2 is 1.67 bits per heavy atom. The zero-order chi connectivity index (χ0) is 24.2. The first-order valence-corrected chi connectivity index (χ1v) is 13.4. The van der Waals surface area contributed by atoms with E-state index in [1.807, 2.05) is 53.1 Å². The first kappa shape index (κ1) is 25.3. The Balaban J connectivity index is 1.93. The monoisotopic (exact) mass is 488 g/mol. The predicted molar refractivity (Wildman–Crippen MR) is 136 cm³/mol. The number of carbonyl (C=O) groups is 1. The van der Waals surface area contributed by atoms with Crippen LogP contribution in [0.3, 0.4) is 0 Å². The number of sulfonamides is 1. The van der Waals surface area contributed by atoms with E-state index in [1.54, 1.807) is 17.0 Å². The minimum atomic E-state index is -3.57. The van der Waals surface area contributed by atoms with E-state index < -0.39 is 10.0 Å². The summed E-state index contributed by atoms with van der Waals surface area (Å²) in [7, 11) is 0.435.